The van der Waals surface area contributed by atoms with Crippen molar-refractivity contribution >= 4 is 23.2 Å². The van der Waals surface area contributed by atoms with Gasteiger partial charge < -0.3 is 14.2 Å². The molecule has 0 aliphatic heterocycles. The van der Waals surface area contributed by atoms with E-state index in [1.54, 1.807) is 39.5 Å². The van der Waals surface area contributed by atoms with Crippen LogP contribution in [0.25, 0.3) is 0 Å². The summed E-state index contributed by atoms with van der Waals surface area (Å²) >= 11 is 12.6. The summed E-state index contributed by atoms with van der Waals surface area (Å²) in [6.07, 6.45) is 0. The second kappa shape index (κ2) is 6.92. The van der Waals surface area contributed by atoms with E-state index in [0.29, 0.717) is 22.3 Å². The Morgan fingerprint density at radius 1 is 0.810 bits per heavy atom. The molecule has 0 amide bonds. The molecule has 0 saturated carbocycles. The molecule has 0 fully saturated rings. The number of alkyl halides is 1. The number of hydrogen-bond donors (Lipinski definition) is 0. The molecule has 0 N–H and O–H groups in total. The van der Waals surface area contributed by atoms with Crippen LogP contribution in [-0.4, -0.2) is 21.3 Å². The van der Waals surface area contributed by atoms with E-state index < -0.39 is 5.38 Å². The summed E-state index contributed by atoms with van der Waals surface area (Å²) in [6.45, 7) is 0. The predicted octanol–water partition coefficient (Wildman–Crippen LogP) is 4.69. The quantitative estimate of drug-likeness (QED) is 0.746. The summed E-state index contributed by atoms with van der Waals surface area (Å²) in [5.74, 6) is 1.97. The van der Waals surface area contributed by atoms with Crippen molar-refractivity contribution in [3.05, 3.63) is 52.5 Å². The Morgan fingerprint density at radius 3 is 2.05 bits per heavy atom. The maximum Gasteiger partial charge on any atom is 0.161 e. The molecule has 0 radical (unpaired) electrons. The molecule has 0 bridgehead atoms. The Balaban J connectivity index is 2.44. The van der Waals surface area contributed by atoms with E-state index in [-0.39, 0.29) is 0 Å². The summed E-state index contributed by atoms with van der Waals surface area (Å²) in [5, 5.41) is 0.204. The number of hydrogen-bond acceptors (Lipinski definition) is 3. The summed E-state index contributed by atoms with van der Waals surface area (Å²) in [6, 6.07) is 10.9. The Bertz CT molecular complexity index is 629. The van der Waals surface area contributed by atoms with Crippen LogP contribution in [0.1, 0.15) is 16.5 Å². The summed E-state index contributed by atoms with van der Waals surface area (Å²) in [5.41, 5.74) is 1.67. The minimum absolute atomic E-state index is 0.404. The first-order chi connectivity index (χ1) is 10.1. The molecule has 1 unspecified atom stereocenters. The fourth-order valence-corrected chi connectivity index (χ4v) is 2.58. The van der Waals surface area contributed by atoms with Gasteiger partial charge in [-0.1, -0.05) is 17.7 Å². The Labute approximate surface area is 134 Å². The van der Waals surface area contributed by atoms with Gasteiger partial charge in [-0.2, -0.15) is 0 Å². The molecule has 21 heavy (non-hydrogen) atoms. The van der Waals surface area contributed by atoms with Crippen molar-refractivity contribution < 1.29 is 14.2 Å². The van der Waals surface area contributed by atoms with E-state index in [2.05, 4.69) is 0 Å². The molecule has 0 heterocycles. The monoisotopic (exact) mass is 326 g/mol. The first kappa shape index (κ1) is 15.8. The van der Waals surface area contributed by atoms with Gasteiger partial charge in [0.15, 0.2) is 11.5 Å². The average molecular weight is 327 g/mol. The standard InChI is InChI=1S/C16H16Cl2O3/c1-19-13-7-5-11(17)9-12(13)16(18)10-4-6-14(20-2)15(8-10)21-3/h4-9,16H,1-3H3. The molecule has 0 aliphatic rings. The first-order valence-corrected chi connectivity index (χ1v) is 7.11. The highest BCUT2D eigenvalue weighted by Crippen LogP contribution is 2.39. The molecule has 0 aliphatic carbocycles. The number of ether oxygens (including phenoxy) is 3. The number of benzene rings is 2. The van der Waals surface area contributed by atoms with Crippen molar-refractivity contribution in [2.45, 2.75) is 5.38 Å². The third-order valence-corrected chi connectivity index (χ3v) is 3.89. The van der Waals surface area contributed by atoms with Crippen molar-refractivity contribution in [2.24, 2.45) is 0 Å². The third-order valence-electron chi connectivity index (χ3n) is 3.17. The van der Waals surface area contributed by atoms with Gasteiger partial charge in [0, 0.05) is 10.6 Å². The van der Waals surface area contributed by atoms with E-state index in [1.165, 1.54) is 0 Å². The highest BCUT2D eigenvalue weighted by molar-refractivity contribution is 6.31. The zero-order chi connectivity index (χ0) is 15.4. The van der Waals surface area contributed by atoms with Gasteiger partial charge in [-0.15, -0.1) is 11.6 Å². The lowest BCUT2D eigenvalue weighted by molar-refractivity contribution is 0.354. The van der Waals surface area contributed by atoms with Crippen molar-refractivity contribution in [2.75, 3.05) is 21.3 Å². The smallest absolute Gasteiger partial charge is 0.161 e. The molecule has 2 aromatic carbocycles. The molecular weight excluding hydrogens is 311 g/mol. The topological polar surface area (TPSA) is 27.7 Å². The van der Waals surface area contributed by atoms with Crippen LogP contribution in [0.15, 0.2) is 36.4 Å². The molecule has 3 nitrogen and oxygen atoms in total. The van der Waals surface area contributed by atoms with Crippen LogP contribution in [0, 0.1) is 0 Å². The molecule has 2 aromatic rings. The zero-order valence-corrected chi connectivity index (χ0v) is 13.5. The van der Waals surface area contributed by atoms with Gasteiger partial charge in [0.25, 0.3) is 0 Å². The van der Waals surface area contributed by atoms with Gasteiger partial charge in [0.2, 0.25) is 0 Å². The maximum atomic E-state index is 6.58. The zero-order valence-electron chi connectivity index (χ0n) is 12.0. The van der Waals surface area contributed by atoms with Gasteiger partial charge in [0.1, 0.15) is 5.75 Å². The lowest BCUT2D eigenvalue weighted by atomic mass is 10.0. The van der Waals surface area contributed by atoms with Crippen LogP contribution in [0.2, 0.25) is 5.02 Å². The molecule has 0 spiro atoms. The van der Waals surface area contributed by atoms with Gasteiger partial charge in [-0.25, -0.2) is 0 Å². The minimum atomic E-state index is -0.404. The summed E-state index contributed by atoms with van der Waals surface area (Å²) in [7, 11) is 4.78. The lowest BCUT2D eigenvalue weighted by Gasteiger charge is -2.16. The summed E-state index contributed by atoms with van der Waals surface area (Å²) < 4.78 is 15.9. The number of rotatable bonds is 5. The van der Waals surface area contributed by atoms with Crippen molar-refractivity contribution in [3.63, 3.8) is 0 Å². The minimum Gasteiger partial charge on any atom is -0.496 e. The van der Waals surface area contributed by atoms with Crippen LogP contribution < -0.4 is 14.2 Å². The Morgan fingerprint density at radius 2 is 1.43 bits per heavy atom. The van der Waals surface area contributed by atoms with E-state index in [9.17, 15) is 0 Å². The maximum absolute atomic E-state index is 6.58. The van der Waals surface area contributed by atoms with Crippen LogP contribution in [0.5, 0.6) is 17.2 Å². The second-order valence-electron chi connectivity index (χ2n) is 4.36. The van der Waals surface area contributed by atoms with Crippen LogP contribution >= 0.6 is 23.2 Å². The van der Waals surface area contributed by atoms with E-state index in [1.807, 2.05) is 18.2 Å². The van der Waals surface area contributed by atoms with Crippen molar-refractivity contribution in [1.29, 1.82) is 0 Å². The number of methoxy groups -OCH3 is 3. The van der Waals surface area contributed by atoms with Gasteiger partial charge in [-0.05, 0) is 35.9 Å². The van der Waals surface area contributed by atoms with Crippen LogP contribution in [-0.2, 0) is 0 Å². The predicted molar refractivity (Wildman–Crippen MR) is 85.2 cm³/mol. The SMILES string of the molecule is COc1ccc(C(Cl)c2cc(Cl)ccc2OC)cc1OC. The third kappa shape index (κ3) is 3.36. The molecule has 5 heteroatoms. The normalized spacial score (nSPS) is 11.9. The summed E-state index contributed by atoms with van der Waals surface area (Å²) in [4.78, 5) is 0. The fraction of sp³-hybridized carbons (Fsp3) is 0.250. The van der Waals surface area contributed by atoms with E-state index in [4.69, 9.17) is 37.4 Å². The second-order valence-corrected chi connectivity index (χ2v) is 5.24. The molecule has 0 aromatic heterocycles. The van der Waals surface area contributed by atoms with E-state index in [0.717, 1.165) is 11.1 Å². The molecule has 1 atom stereocenters. The lowest BCUT2D eigenvalue weighted by Crippen LogP contribution is -1.99. The van der Waals surface area contributed by atoms with Crippen LogP contribution in [0.3, 0.4) is 0 Å². The Hall–Kier alpha value is -1.58. The highest BCUT2D eigenvalue weighted by atomic mass is 35.5. The highest BCUT2D eigenvalue weighted by Gasteiger charge is 2.18. The van der Waals surface area contributed by atoms with Crippen molar-refractivity contribution in [3.8, 4) is 17.2 Å². The fourth-order valence-electron chi connectivity index (χ4n) is 2.09. The van der Waals surface area contributed by atoms with Crippen molar-refractivity contribution in [1.82, 2.24) is 0 Å². The first-order valence-electron chi connectivity index (χ1n) is 6.30. The van der Waals surface area contributed by atoms with Crippen LogP contribution in [0.4, 0.5) is 0 Å². The van der Waals surface area contributed by atoms with Gasteiger partial charge in [0.05, 0.1) is 26.7 Å². The Kier molecular flexibility index (Phi) is 5.21. The van der Waals surface area contributed by atoms with E-state index >= 15 is 0 Å². The average Bonchev–Trinajstić information content (AvgIpc) is 2.53. The largest absolute Gasteiger partial charge is 0.496 e. The molecule has 0 saturated heterocycles. The van der Waals surface area contributed by atoms with Gasteiger partial charge in [-0.3, -0.25) is 0 Å². The number of halogens is 2. The molecule has 2 rings (SSSR count). The van der Waals surface area contributed by atoms with Gasteiger partial charge >= 0.3 is 0 Å². The molecule has 112 valence electrons. The molecular formula is C16H16Cl2O3.